The molecule has 0 unspecified atom stereocenters. The van der Waals surface area contributed by atoms with Gasteiger partial charge in [0, 0.05) is 30.7 Å². The minimum atomic E-state index is -4.52. The number of nitrogens with zero attached hydrogens (tertiary/aromatic N) is 3. The van der Waals surface area contributed by atoms with Crippen molar-refractivity contribution in [2.45, 2.75) is 19.6 Å². The molecule has 0 saturated heterocycles. The van der Waals surface area contributed by atoms with Crippen LogP contribution >= 0.6 is 0 Å². The van der Waals surface area contributed by atoms with Gasteiger partial charge in [0.25, 0.3) is 5.91 Å². The Bertz CT molecular complexity index is 1060. The van der Waals surface area contributed by atoms with Gasteiger partial charge in [-0.05, 0) is 36.8 Å². The van der Waals surface area contributed by atoms with E-state index in [1.807, 2.05) is 0 Å². The van der Waals surface area contributed by atoms with Gasteiger partial charge < -0.3 is 5.32 Å². The van der Waals surface area contributed by atoms with E-state index in [2.05, 4.69) is 15.4 Å². The van der Waals surface area contributed by atoms with Crippen LogP contribution in [0.5, 0.6) is 0 Å². The molecule has 0 spiro atoms. The smallest absolute Gasteiger partial charge is 0.346 e. The van der Waals surface area contributed by atoms with E-state index in [9.17, 15) is 22.8 Å². The predicted molar refractivity (Wildman–Crippen MR) is 95.0 cm³/mol. The Morgan fingerprint density at radius 1 is 1.18 bits per heavy atom. The highest BCUT2D eigenvalue weighted by atomic mass is 19.4. The van der Waals surface area contributed by atoms with Crippen LogP contribution in [0.15, 0.2) is 59.7 Å². The van der Waals surface area contributed by atoms with E-state index >= 15 is 0 Å². The van der Waals surface area contributed by atoms with Crippen molar-refractivity contribution in [1.82, 2.24) is 20.1 Å². The Morgan fingerprint density at radius 2 is 1.96 bits per heavy atom. The van der Waals surface area contributed by atoms with Crippen LogP contribution in [0.25, 0.3) is 5.69 Å². The number of rotatable bonds is 4. The zero-order chi connectivity index (χ0) is 20.3. The number of alkyl halides is 3. The zero-order valence-corrected chi connectivity index (χ0v) is 14.7. The molecule has 1 aromatic carbocycles. The molecule has 144 valence electrons. The number of carbonyl (C=O) groups excluding carboxylic acids is 1. The largest absolute Gasteiger partial charge is 0.416 e. The van der Waals surface area contributed by atoms with Crippen molar-refractivity contribution >= 4 is 5.91 Å². The number of halogens is 3. The number of carbonyl (C=O) groups is 1. The second-order valence-electron chi connectivity index (χ2n) is 6.00. The molecule has 0 fully saturated rings. The summed E-state index contributed by atoms with van der Waals surface area (Å²) in [4.78, 5) is 28.5. The van der Waals surface area contributed by atoms with Crippen LogP contribution in [0, 0.1) is 6.92 Å². The molecule has 2 heterocycles. The molecule has 0 aliphatic heterocycles. The Morgan fingerprint density at radius 3 is 2.64 bits per heavy atom. The molecule has 1 N–H and O–H groups in total. The van der Waals surface area contributed by atoms with E-state index in [4.69, 9.17) is 0 Å². The molecule has 2 aromatic heterocycles. The van der Waals surface area contributed by atoms with E-state index in [1.54, 1.807) is 24.5 Å². The molecule has 0 bridgehead atoms. The molecular weight excluding hydrogens is 373 g/mol. The summed E-state index contributed by atoms with van der Waals surface area (Å²) in [5.74, 6) is -0.727. The van der Waals surface area contributed by atoms with Gasteiger partial charge >= 0.3 is 6.18 Å². The number of hydrogen-bond acceptors (Lipinski definition) is 4. The average molecular weight is 388 g/mol. The fourth-order valence-corrected chi connectivity index (χ4v) is 2.55. The first-order valence-corrected chi connectivity index (χ1v) is 8.21. The quantitative estimate of drug-likeness (QED) is 0.746. The maximum Gasteiger partial charge on any atom is 0.416 e. The van der Waals surface area contributed by atoms with E-state index in [-0.39, 0.29) is 12.2 Å². The van der Waals surface area contributed by atoms with Crippen LogP contribution in [0.3, 0.4) is 0 Å². The standard InChI is InChI=1S/C19H15F3N4O2/c1-12-8-16(27)17(18(28)24-11-13-4-3-7-23-10-13)25-26(12)15-6-2-5-14(9-15)19(20,21)22/h2-10H,11H2,1H3,(H,24,28). The minimum absolute atomic E-state index is 0.0913. The molecule has 0 atom stereocenters. The van der Waals surface area contributed by atoms with E-state index in [0.717, 1.165) is 28.4 Å². The Balaban J connectivity index is 1.93. The predicted octanol–water partition coefficient (Wildman–Crippen LogP) is 2.88. The van der Waals surface area contributed by atoms with Crippen molar-refractivity contribution in [3.05, 3.63) is 87.6 Å². The number of nitrogens with one attached hydrogen (secondary N) is 1. The number of aromatic nitrogens is 3. The second-order valence-corrected chi connectivity index (χ2v) is 6.00. The molecule has 1 amide bonds. The van der Waals surface area contributed by atoms with E-state index in [1.165, 1.54) is 19.1 Å². The summed E-state index contributed by atoms with van der Waals surface area (Å²) in [6.45, 7) is 1.65. The number of pyridine rings is 1. The average Bonchev–Trinajstić information content (AvgIpc) is 2.66. The Labute approximate surface area is 157 Å². The third kappa shape index (κ3) is 4.25. The summed E-state index contributed by atoms with van der Waals surface area (Å²) in [7, 11) is 0. The highest BCUT2D eigenvalue weighted by molar-refractivity contribution is 5.92. The van der Waals surface area contributed by atoms with Gasteiger partial charge in [0.2, 0.25) is 5.43 Å². The lowest BCUT2D eigenvalue weighted by atomic mass is 10.2. The van der Waals surface area contributed by atoms with Crippen molar-refractivity contribution in [2.24, 2.45) is 0 Å². The molecule has 3 aromatic rings. The Hall–Kier alpha value is -3.49. The zero-order valence-electron chi connectivity index (χ0n) is 14.7. The molecule has 9 heteroatoms. The molecular formula is C19H15F3N4O2. The van der Waals surface area contributed by atoms with Gasteiger partial charge in [-0.3, -0.25) is 14.6 Å². The van der Waals surface area contributed by atoms with Gasteiger partial charge in [-0.25, -0.2) is 4.68 Å². The molecule has 6 nitrogen and oxygen atoms in total. The third-order valence-corrected chi connectivity index (χ3v) is 3.92. The maximum atomic E-state index is 13.0. The van der Waals surface area contributed by atoms with Gasteiger partial charge in [0.1, 0.15) is 0 Å². The molecule has 0 radical (unpaired) electrons. The van der Waals surface area contributed by atoms with Crippen molar-refractivity contribution in [2.75, 3.05) is 0 Å². The monoisotopic (exact) mass is 388 g/mol. The first-order valence-electron chi connectivity index (χ1n) is 8.21. The van der Waals surface area contributed by atoms with Crippen molar-refractivity contribution in [3.63, 3.8) is 0 Å². The normalized spacial score (nSPS) is 11.3. The lowest BCUT2D eigenvalue weighted by molar-refractivity contribution is -0.137. The van der Waals surface area contributed by atoms with Gasteiger partial charge in [0.05, 0.1) is 11.3 Å². The molecule has 3 rings (SSSR count). The summed E-state index contributed by atoms with van der Waals surface area (Å²) in [6.07, 6.45) is -1.38. The SMILES string of the molecule is Cc1cc(=O)c(C(=O)NCc2cccnc2)nn1-c1cccc(C(F)(F)F)c1. The number of amides is 1. The van der Waals surface area contributed by atoms with Gasteiger partial charge in [-0.2, -0.15) is 18.3 Å². The minimum Gasteiger partial charge on any atom is -0.346 e. The summed E-state index contributed by atoms with van der Waals surface area (Å²) < 4.78 is 40.0. The van der Waals surface area contributed by atoms with Crippen LogP contribution in [-0.4, -0.2) is 20.7 Å². The van der Waals surface area contributed by atoms with Crippen molar-refractivity contribution in [1.29, 1.82) is 0 Å². The van der Waals surface area contributed by atoms with Gasteiger partial charge in [-0.1, -0.05) is 12.1 Å². The van der Waals surface area contributed by atoms with E-state index < -0.39 is 28.8 Å². The fraction of sp³-hybridized carbons (Fsp3) is 0.158. The first-order chi connectivity index (χ1) is 13.3. The molecule has 28 heavy (non-hydrogen) atoms. The summed E-state index contributed by atoms with van der Waals surface area (Å²) in [5.41, 5.74) is -0.772. The molecule has 0 aliphatic carbocycles. The van der Waals surface area contributed by atoms with Gasteiger partial charge in [0.15, 0.2) is 5.69 Å². The van der Waals surface area contributed by atoms with E-state index in [0.29, 0.717) is 5.69 Å². The van der Waals surface area contributed by atoms with Gasteiger partial charge in [-0.15, -0.1) is 0 Å². The van der Waals surface area contributed by atoms with Crippen LogP contribution < -0.4 is 10.7 Å². The van der Waals surface area contributed by atoms with Crippen molar-refractivity contribution in [3.8, 4) is 5.69 Å². The lowest BCUT2D eigenvalue weighted by Crippen LogP contribution is -2.31. The summed E-state index contributed by atoms with van der Waals surface area (Å²) in [6, 6.07) is 9.09. The van der Waals surface area contributed by atoms with Crippen LogP contribution in [0.1, 0.15) is 27.3 Å². The summed E-state index contributed by atoms with van der Waals surface area (Å²) in [5, 5.41) is 6.54. The first kappa shape index (κ1) is 19.3. The number of benzene rings is 1. The highest BCUT2D eigenvalue weighted by Crippen LogP contribution is 2.30. The fourth-order valence-electron chi connectivity index (χ4n) is 2.55. The third-order valence-electron chi connectivity index (χ3n) is 3.92. The highest BCUT2D eigenvalue weighted by Gasteiger charge is 2.30. The molecule has 0 aliphatic rings. The molecule has 0 saturated carbocycles. The van der Waals surface area contributed by atoms with Crippen LogP contribution in [0.4, 0.5) is 13.2 Å². The van der Waals surface area contributed by atoms with Crippen LogP contribution in [0.2, 0.25) is 0 Å². The second kappa shape index (κ2) is 7.63. The topological polar surface area (TPSA) is 76.9 Å². The number of hydrogen-bond donors (Lipinski definition) is 1. The summed E-state index contributed by atoms with van der Waals surface area (Å²) >= 11 is 0. The maximum absolute atomic E-state index is 13.0. The lowest BCUT2D eigenvalue weighted by Gasteiger charge is -2.13. The van der Waals surface area contributed by atoms with Crippen LogP contribution in [-0.2, 0) is 12.7 Å². The number of aryl methyl sites for hydroxylation is 1. The Kier molecular flexibility index (Phi) is 5.25. The van der Waals surface area contributed by atoms with Crippen molar-refractivity contribution < 1.29 is 18.0 Å².